The van der Waals surface area contributed by atoms with Crippen LogP contribution in [-0.2, 0) is 26.0 Å². The fraction of sp³-hybridized carbons (Fsp3) is 0.545. The Morgan fingerprint density at radius 3 is 2.80 bits per heavy atom. The summed E-state index contributed by atoms with van der Waals surface area (Å²) >= 11 is 0. The smallest absolute Gasteiger partial charge is 0.328 e. The van der Waals surface area contributed by atoms with Crippen molar-refractivity contribution >= 4 is 21.7 Å². The zero-order chi connectivity index (χ0) is 14.7. The summed E-state index contributed by atoms with van der Waals surface area (Å²) in [6.07, 6.45) is 2.92. The molecular formula is C11H13N3O5S. The number of carboxylic acid groups (broad SMARTS) is 1. The second-order valence-electron chi connectivity index (χ2n) is 5.26. The van der Waals surface area contributed by atoms with Gasteiger partial charge in [0.05, 0.1) is 13.0 Å². The lowest BCUT2D eigenvalue weighted by Crippen LogP contribution is -2.58. The molecule has 0 bridgehead atoms. The van der Waals surface area contributed by atoms with E-state index >= 15 is 0 Å². The molecule has 2 fully saturated rings. The molecule has 1 aromatic rings. The summed E-state index contributed by atoms with van der Waals surface area (Å²) in [4.78, 5) is 24.0. The maximum atomic E-state index is 12.6. The average Bonchev–Trinajstić information content (AvgIpc) is 2.87. The third kappa shape index (κ3) is 1.41. The van der Waals surface area contributed by atoms with Crippen molar-refractivity contribution in [3.63, 3.8) is 0 Å². The molecule has 1 amide bonds. The predicted molar refractivity (Wildman–Crippen MR) is 66.2 cm³/mol. The van der Waals surface area contributed by atoms with Gasteiger partial charge in [-0.25, -0.2) is 13.2 Å². The molecular weight excluding hydrogens is 286 g/mol. The van der Waals surface area contributed by atoms with Crippen molar-refractivity contribution in [3.8, 4) is 0 Å². The van der Waals surface area contributed by atoms with E-state index < -0.39 is 37.9 Å². The molecule has 108 valence electrons. The Morgan fingerprint density at radius 1 is 1.60 bits per heavy atom. The average molecular weight is 299 g/mol. The topological polar surface area (TPSA) is 110 Å². The number of carbonyl (C=O) groups is 2. The number of aromatic nitrogens is 2. The molecule has 2 saturated heterocycles. The lowest BCUT2D eigenvalue weighted by Gasteiger charge is -2.35. The second kappa shape index (κ2) is 3.81. The maximum absolute atomic E-state index is 12.6. The molecule has 0 unspecified atom stereocenters. The molecule has 3 atom stereocenters. The summed E-state index contributed by atoms with van der Waals surface area (Å²) in [5.41, 5.74) is 0. The van der Waals surface area contributed by atoms with Gasteiger partial charge in [-0.1, -0.05) is 0 Å². The van der Waals surface area contributed by atoms with Gasteiger partial charge in [0.1, 0.15) is 10.1 Å². The van der Waals surface area contributed by atoms with Crippen molar-refractivity contribution in [3.05, 3.63) is 18.5 Å². The highest BCUT2D eigenvalue weighted by Crippen LogP contribution is 2.46. The largest absolute Gasteiger partial charge is 0.480 e. The lowest BCUT2D eigenvalue weighted by molar-refractivity contribution is -0.157. The van der Waals surface area contributed by atoms with Crippen LogP contribution in [-0.4, -0.2) is 56.2 Å². The van der Waals surface area contributed by atoms with Gasteiger partial charge in [-0.15, -0.1) is 0 Å². The summed E-state index contributed by atoms with van der Waals surface area (Å²) in [6, 6.07) is 0.253. The Balaban J connectivity index is 2.10. The normalized spacial score (nSPS) is 34.6. The van der Waals surface area contributed by atoms with Crippen molar-refractivity contribution in [2.75, 3.05) is 0 Å². The zero-order valence-electron chi connectivity index (χ0n) is 10.6. The van der Waals surface area contributed by atoms with Crippen molar-refractivity contribution < 1.29 is 23.1 Å². The van der Waals surface area contributed by atoms with E-state index in [0.717, 1.165) is 4.90 Å². The minimum absolute atomic E-state index is 0.0976. The van der Waals surface area contributed by atoms with E-state index in [2.05, 4.69) is 5.10 Å². The number of β-lactam (4-membered cyclic amide) rings is 1. The van der Waals surface area contributed by atoms with Crippen LogP contribution in [0.25, 0.3) is 0 Å². The molecule has 0 aromatic carbocycles. The van der Waals surface area contributed by atoms with Crippen LogP contribution in [0.4, 0.5) is 0 Å². The van der Waals surface area contributed by atoms with Gasteiger partial charge >= 0.3 is 5.97 Å². The summed E-state index contributed by atoms with van der Waals surface area (Å²) in [7, 11) is -3.77. The number of rotatable bonds is 3. The van der Waals surface area contributed by atoms with E-state index in [1.165, 1.54) is 17.8 Å². The highest BCUT2D eigenvalue weighted by Gasteiger charge is 2.70. The first-order valence-corrected chi connectivity index (χ1v) is 7.58. The van der Waals surface area contributed by atoms with Crippen LogP contribution in [0.15, 0.2) is 18.5 Å². The van der Waals surface area contributed by atoms with Gasteiger partial charge in [0.2, 0.25) is 5.91 Å². The van der Waals surface area contributed by atoms with Gasteiger partial charge in [0.25, 0.3) is 0 Å². The number of aliphatic carboxylic acids is 1. The van der Waals surface area contributed by atoms with Crippen molar-refractivity contribution in [1.82, 2.24) is 14.7 Å². The molecule has 0 radical (unpaired) electrons. The number of amides is 1. The number of hydrogen-bond donors (Lipinski definition) is 1. The summed E-state index contributed by atoms with van der Waals surface area (Å²) in [5.74, 6) is -1.74. The number of fused-ring (bicyclic) bond motifs is 1. The lowest BCUT2D eigenvalue weighted by atomic mass is 9.96. The molecule has 0 spiro atoms. The number of carbonyl (C=O) groups excluding carboxylic acids is 1. The molecule has 8 nitrogen and oxygen atoms in total. The minimum Gasteiger partial charge on any atom is -0.480 e. The number of carboxylic acids is 1. The van der Waals surface area contributed by atoms with Gasteiger partial charge in [0, 0.05) is 12.4 Å². The summed E-state index contributed by atoms with van der Waals surface area (Å²) in [5, 5.41) is 12.3. The molecule has 3 rings (SSSR count). The number of nitrogens with zero attached hydrogens (tertiary/aromatic N) is 3. The molecule has 0 saturated carbocycles. The van der Waals surface area contributed by atoms with Crippen LogP contribution in [0.5, 0.6) is 0 Å². The fourth-order valence-electron chi connectivity index (χ4n) is 3.00. The number of sulfone groups is 1. The minimum atomic E-state index is -3.77. The zero-order valence-corrected chi connectivity index (χ0v) is 11.4. The molecule has 1 aromatic heterocycles. The molecule has 9 heteroatoms. The van der Waals surface area contributed by atoms with E-state index in [4.69, 9.17) is 0 Å². The molecule has 3 heterocycles. The Hall–Kier alpha value is -1.90. The molecule has 1 N–H and O–H groups in total. The Kier molecular flexibility index (Phi) is 2.50. The van der Waals surface area contributed by atoms with Crippen LogP contribution in [0.3, 0.4) is 0 Å². The van der Waals surface area contributed by atoms with E-state index in [1.807, 2.05) is 0 Å². The molecule has 2 aliphatic heterocycles. The predicted octanol–water partition coefficient (Wildman–Crippen LogP) is -0.918. The second-order valence-corrected chi connectivity index (χ2v) is 7.83. The van der Waals surface area contributed by atoms with E-state index in [9.17, 15) is 23.1 Å². The van der Waals surface area contributed by atoms with Crippen molar-refractivity contribution in [2.45, 2.75) is 36.1 Å². The standard InChI is InChI=1S/C11H13N3O5S/c1-11(6-13-4-2-3-12-13)9(10(16)17)14-7(15)5-8(14)20(11,18)19/h2-4,8-9H,5-6H2,1H3,(H,16,17)/t8-,9+,11+/m1/s1. The van der Waals surface area contributed by atoms with Gasteiger partial charge in [0.15, 0.2) is 15.9 Å². The van der Waals surface area contributed by atoms with E-state index in [-0.39, 0.29) is 13.0 Å². The number of hydrogen-bond acceptors (Lipinski definition) is 5. The van der Waals surface area contributed by atoms with Crippen LogP contribution < -0.4 is 0 Å². The van der Waals surface area contributed by atoms with E-state index in [0.29, 0.717) is 0 Å². The summed E-state index contributed by atoms with van der Waals surface area (Å²) < 4.78 is 24.9. The van der Waals surface area contributed by atoms with Crippen LogP contribution in [0.1, 0.15) is 13.3 Å². The van der Waals surface area contributed by atoms with Gasteiger partial charge in [-0.3, -0.25) is 9.48 Å². The molecule has 2 aliphatic rings. The third-order valence-corrected chi connectivity index (χ3v) is 6.84. The van der Waals surface area contributed by atoms with Gasteiger partial charge < -0.3 is 10.0 Å². The van der Waals surface area contributed by atoms with Gasteiger partial charge in [-0.05, 0) is 13.0 Å². The van der Waals surface area contributed by atoms with Crippen molar-refractivity contribution in [2.24, 2.45) is 0 Å². The van der Waals surface area contributed by atoms with Gasteiger partial charge in [-0.2, -0.15) is 5.10 Å². The Morgan fingerprint density at radius 2 is 2.30 bits per heavy atom. The SMILES string of the molecule is C[C@]1(Cn2cccn2)[C@H](C(=O)O)N2C(=O)C[C@H]2S1(=O)=O. The first kappa shape index (κ1) is 13.1. The first-order valence-electron chi connectivity index (χ1n) is 6.04. The maximum Gasteiger partial charge on any atom is 0.328 e. The highest BCUT2D eigenvalue weighted by atomic mass is 32.2. The van der Waals surface area contributed by atoms with E-state index in [1.54, 1.807) is 12.3 Å². The first-order chi connectivity index (χ1) is 9.29. The van der Waals surface area contributed by atoms with Crippen LogP contribution >= 0.6 is 0 Å². The Bertz CT molecular complexity index is 683. The highest BCUT2D eigenvalue weighted by molar-refractivity contribution is 7.93. The van der Waals surface area contributed by atoms with Crippen LogP contribution in [0, 0.1) is 0 Å². The fourth-order valence-corrected chi connectivity index (χ4v) is 5.36. The summed E-state index contributed by atoms with van der Waals surface area (Å²) in [6.45, 7) is 1.27. The molecule has 20 heavy (non-hydrogen) atoms. The van der Waals surface area contributed by atoms with Crippen molar-refractivity contribution in [1.29, 1.82) is 0 Å². The van der Waals surface area contributed by atoms with Crippen LogP contribution in [0.2, 0.25) is 0 Å². The molecule has 0 aliphatic carbocycles. The Labute approximate surface area is 114 Å². The quantitative estimate of drug-likeness (QED) is 0.723. The third-order valence-electron chi connectivity index (χ3n) is 4.08. The monoisotopic (exact) mass is 299 g/mol.